The Labute approximate surface area is 190 Å². The third-order valence-corrected chi connectivity index (χ3v) is 4.98. The van der Waals surface area contributed by atoms with Crippen LogP contribution in [0.3, 0.4) is 0 Å². The molecule has 0 bridgehead atoms. The van der Waals surface area contributed by atoms with Crippen molar-refractivity contribution in [3.63, 3.8) is 0 Å². The fourth-order valence-electron chi connectivity index (χ4n) is 3.09. The molecule has 2 N–H and O–H groups in total. The van der Waals surface area contributed by atoms with Gasteiger partial charge < -0.3 is 24.5 Å². The number of anilines is 2. The Morgan fingerprint density at radius 3 is 2.31 bits per heavy atom. The maximum absolute atomic E-state index is 12.4. The van der Waals surface area contributed by atoms with Gasteiger partial charge in [-0.15, -0.1) is 0 Å². The summed E-state index contributed by atoms with van der Waals surface area (Å²) in [6.45, 7) is 0. The molecule has 2 amide bonds. The van der Waals surface area contributed by atoms with E-state index in [2.05, 4.69) is 15.6 Å². The second-order valence-electron chi connectivity index (χ2n) is 6.75. The predicted molar refractivity (Wildman–Crippen MR) is 125 cm³/mol. The monoisotopic (exact) mass is 449 g/mol. The lowest BCUT2D eigenvalue weighted by Crippen LogP contribution is -2.19. The van der Waals surface area contributed by atoms with Crippen molar-refractivity contribution in [2.24, 2.45) is 0 Å². The third-order valence-electron chi connectivity index (χ3n) is 4.69. The topological polar surface area (TPSA) is 85.6 Å². The number of benzene rings is 3. The van der Waals surface area contributed by atoms with Crippen molar-refractivity contribution in [3.05, 3.63) is 78.0 Å². The minimum Gasteiger partial charge on any atom is -0.495 e. The Balaban J connectivity index is 1.44. The molecular formula is C24H20ClN3O4. The lowest BCUT2D eigenvalue weighted by molar-refractivity contribution is 0.262. The van der Waals surface area contributed by atoms with Crippen LogP contribution < -0.4 is 20.1 Å². The molecule has 0 aliphatic carbocycles. The normalized spacial score (nSPS) is 10.5. The van der Waals surface area contributed by atoms with Gasteiger partial charge in [-0.2, -0.15) is 0 Å². The number of carbonyl (C=O) groups excluding carboxylic acids is 1. The zero-order valence-electron chi connectivity index (χ0n) is 17.4. The van der Waals surface area contributed by atoms with Gasteiger partial charge in [0.2, 0.25) is 5.89 Å². The molecule has 0 aliphatic rings. The van der Waals surface area contributed by atoms with E-state index in [-0.39, 0.29) is 0 Å². The molecule has 1 heterocycles. The van der Waals surface area contributed by atoms with Crippen LogP contribution in [-0.2, 0) is 0 Å². The molecule has 0 aliphatic heterocycles. The first kappa shape index (κ1) is 21.3. The second kappa shape index (κ2) is 9.45. The highest BCUT2D eigenvalue weighted by molar-refractivity contribution is 6.32. The maximum atomic E-state index is 12.4. The smallest absolute Gasteiger partial charge is 0.323 e. The van der Waals surface area contributed by atoms with Gasteiger partial charge in [-0.25, -0.2) is 9.78 Å². The van der Waals surface area contributed by atoms with E-state index in [4.69, 9.17) is 25.5 Å². The standard InChI is InChI=1S/C24H20ClN3O4/c1-30-21-13-22(31-2)19(12-18(21)25)28-24(29)26-17-10-8-16(9-11-17)23-27-20(14-32-23)15-6-4-3-5-7-15/h3-14H,1-2H3,(H2,26,28,29). The summed E-state index contributed by atoms with van der Waals surface area (Å²) in [6, 6.07) is 19.7. The molecule has 8 heteroatoms. The van der Waals surface area contributed by atoms with Crippen LogP contribution in [0, 0.1) is 0 Å². The highest BCUT2D eigenvalue weighted by Gasteiger charge is 2.13. The van der Waals surface area contributed by atoms with Crippen LogP contribution in [-0.4, -0.2) is 25.2 Å². The molecule has 0 unspecified atom stereocenters. The van der Waals surface area contributed by atoms with E-state index < -0.39 is 6.03 Å². The van der Waals surface area contributed by atoms with Gasteiger partial charge in [0.15, 0.2) is 0 Å². The highest BCUT2D eigenvalue weighted by Crippen LogP contribution is 2.36. The zero-order chi connectivity index (χ0) is 22.5. The summed E-state index contributed by atoms with van der Waals surface area (Å²) in [5, 5.41) is 5.85. The van der Waals surface area contributed by atoms with Crippen molar-refractivity contribution in [1.29, 1.82) is 0 Å². The molecular weight excluding hydrogens is 430 g/mol. The average molecular weight is 450 g/mol. The average Bonchev–Trinajstić information content (AvgIpc) is 3.31. The molecule has 4 aromatic rings. The van der Waals surface area contributed by atoms with E-state index in [1.807, 2.05) is 42.5 Å². The van der Waals surface area contributed by atoms with Gasteiger partial charge in [0.1, 0.15) is 23.5 Å². The SMILES string of the molecule is COc1cc(OC)c(NC(=O)Nc2ccc(-c3nc(-c4ccccc4)co3)cc2)cc1Cl. The maximum Gasteiger partial charge on any atom is 0.323 e. The Kier molecular flexibility index (Phi) is 6.28. The number of nitrogens with zero attached hydrogens (tertiary/aromatic N) is 1. The molecule has 0 saturated heterocycles. The molecule has 0 spiro atoms. The van der Waals surface area contributed by atoms with E-state index in [0.29, 0.717) is 33.8 Å². The minimum absolute atomic E-state index is 0.355. The Morgan fingerprint density at radius 2 is 1.62 bits per heavy atom. The molecule has 162 valence electrons. The number of hydrogen-bond donors (Lipinski definition) is 2. The molecule has 32 heavy (non-hydrogen) atoms. The lowest BCUT2D eigenvalue weighted by Gasteiger charge is -2.13. The summed E-state index contributed by atoms with van der Waals surface area (Å²) in [5.74, 6) is 1.37. The molecule has 0 saturated carbocycles. The van der Waals surface area contributed by atoms with Gasteiger partial charge in [-0.3, -0.25) is 0 Å². The van der Waals surface area contributed by atoms with Crippen molar-refractivity contribution in [3.8, 4) is 34.2 Å². The predicted octanol–water partition coefficient (Wildman–Crippen LogP) is 6.32. The number of hydrogen-bond acceptors (Lipinski definition) is 5. The van der Waals surface area contributed by atoms with Crippen LogP contribution in [0.1, 0.15) is 0 Å². The Hall–Kier alpha value is -3.97. The van der Waals surface area contributed by atoms with Gasteiger partial charge >= 0.3 is 6.03 Å². The van der Waals surface area contributed by atoms with Crippen molar-refractivity contribution in [2.45, 2.75) is 0 Å². The number of aromatic nitrogens is 1. The number of oxazole rings is 1. The number of halogens is 1. The van der Waals surface area contributed by atoms with Crippen LogP contribution in [0.2, 0.25) is 5.02 Å². The van der Waals surface area contributed by atoms with Gasteiger partial charge in [0, 0.05) is 22.9 Å². The molecule has 0 radical (unpaired) electrons. The Bertz CT molecular complexity index is 1220. The summed E-state index contributed by atoms with van der Waals surface area (Å²) in [4.78, 5) is 17.0. The van der Waals surface area contributed by atoms with E-state index >= 15 is 0 Å². The van der Waals surface area contributed by atoms with E-state index in [1.165, 1.54) is 14.2 Å². The second-order valence-corrected chi connectivity index (χ2v) is 7.15. The highest BCUT2D eigenvalue weighted by atomic mass is 35.5. The molecule has 0 fully saturated rings. The lowest BCUT2D eigenvalue weighted by atomic mass is 10.2. The number of carbonyl (C=O) groups is 1. The van der Waals surface area contributed by atoms with Crippen molar-refractivity contribution >= 4 is 29.0 Å². The largest absolute Gasteiger partial charge is 0.495 e. The number of ether oxygens (including phenoxy) is 2. The van der Waals surface area contributed by atoms with Crippen LogP contribution in [0.5, 0.6) is 11.5 Å². The van der Waals surface area contributed by atoms with Gasteiger partial charge in [-0.05, 0) is 30.3 Å². The summed E-state index contributed by atoms with van der Waals surface area (Å²) < 4.78 is 16.1. The zero-order valence-corrected chi connectivity index (χ0v) is 18.1. The summed E-state index contributed by atoms with van der Waals surface area (Å²) in [5.41, 5.74) is 3.54. The molecule has 0 atom stereocenters. The first-order valence-electron chi connectivity index (χ1n) is 9.68. The fraction of sp³-hybridized carbons (Fsp3) is 0.0833. The number of amides is 2. The molecule has 4 rings (SSSR count). The van der Waals surface area contributed by atoms with E-state index in [9.17, 15) is 4.79 Å². The summed E-state index contributed by atoms with van der Waals surface area (Å²) >= 11 is 6.15. The van der Waals surface area contributed by atoms with Crippen molar-refractivity contribution in [2.75, 3.05) is 24.9 Å². The van der Waals surface area contributed by atoms with Gasteiger partial charge in [-0.1, -0.05) is 41.9 Å². The van der Waals surface area contributed by atoms with Crippen LogP contribution in [0.25, 0.3) is 22.7 Å². The molecule has 1 aromatic heterocycles. The van der Waals surface area contributed by atoms with Gasteiger partial charge in [0.05, 0.1) is 24.9 Å². The summed E-state index contributed by atoms with van der Waals surface area (Å²) in [6.07, 6.45) is 1.62. The molecule has 3 aromatic carbocycles. The van der Waals surface area contributed by atoms with E-state index in [0.717, 1.165) is 16.8 Å². The van der Waals surface area contributed by atoms with Crippen LogP contribution >= 0.6 is 11.6 Å². The molecule has 7 nitrogen and oxygen atoms in total. The number of nitrogens with one attached hydrogen (secondary N) is 2. The van der Waals surface area contributed by atoms with Crippen molar-refractivity contribution < 1.29 is 18.7 Å². The van der Waals surface area contributed by atoms with Crippen LogP contribution in [0.4, 0.5) is 16.2 Å². The third kappa shape index (κ3) is 4.68. The van der Waals surface area contributed by atoms with E-state index in [1.54, 1.807) is 30.5 Å². The first-order chi connectivity index (χ1) is 15.6. The fourth-order valence-corrected chi connectivity index (χ4v) is 3.33. The minimum atomic E-state index is -0.445. The number of rotatable bonds is 6. The quantitative estimate of drug-likeness (QED) is 0.359. The first-order valence-corrected chi connectivity index (χ1v) is 10.1. The number of urea groups is 1. The van der Waals surface area contributed by atoms with Crippen molar-refractivity contribution in [1.82, 2.24) is 4.98 Å². The summed E-state index contributed by atoms with van der Waals surface area (Å²) in [7, 11) is 3.00. The number of methoxy groups -OCH3 is 2. The van der Waals surface area contributed by atoms with Gasteiger partial charge in [0.25, 0.3) is 0 Å². The Morgan fingerprint density at radius 1 is 0.906 bits per heavy atom. The van der Waals surface area contributed by atoms with Crippen LogP contribution in [0.15, 0.2) is 77.4 Å².